The highest BCUT2D eigenvalue weighted by Crippen LogP contribution is 2.44. The summed E-state index contributed by atoms with van der Waals surface area (Å²) in [6, 6.07) is 53.5. The van der Waals surface area contributed by atoms with Gasteiger partial charge in [0.2, 0.25) is 0 Å². The maximum absolute atomic E-state index is 5.57. The Morgan fingerprint density at radius 1 is 0.500 bits per heavy atom. The van der Waals surface area contributed by atoms with Crippen LogP contribution in [0.1, 0.15) is 13.0 Å². The molecule has 6 aromatic carbocycles. The third-order valence-electron chi connectivity index (χ3n) is 10.5. The van der Waals surface area contributed by atoms with Gasteiger partial charge in [-0.25, -0.2) is 15.0 Å². The van der Waals surface area contributed by atoms with Crippen molar-refractivity contribution in [3.63, 3.8) is 0 Å². The van der Waals surface area contributed by atoms with E-state index in [0.29, 0.717) is 11.7 Å². The van der Waals surface area contributed by atoms with E-state index in [1.165, 1.54) is 32.6 Å². The molecule has 2 atom stereocenters. The van der Waals surface area contributed by atoms with Crippen molar-refractivity contribution in [2.24, 2.45) is 5.92 Å². The highest BCUT2D eigenvalue weighted by Gasteiger charge is 2.26. The predicted molar refractivity (Wildman–Crippen MR) is 216 cm³/mol. The Morgan fingerprint density at radius 3 is 1.87 bits per heavy atom. The lowest BCUT2D eigenvalue weighted by Crippen LogP contribution is -2.15. The highest BCUT2D eigenvalue weighted by molar-refractivity contribution is 6.24. The van der Waals surface area contributed by atoms with Gasteiger partial charge in [0, 0.05) is 49.3 Å². The lowest BCUT2D eigenvalue weighted by Gasteiger charge is -2.25. The summed E-state index contributed by atoms with van der Waals surface area (Å²) in [6.45, 7) is 2.31. The van der Waals surface area contributed by atoms with Crippen molar-refractivity contribution in [2.75, 3.05) is 0 Å². The Kier molecular flexibility index (Phi) is 7.14. The SMILES string of the molecule is CC1C=CC=CC1n1c2ccccc2c2c(-c3ccc(-c4cc(-c5ccccc5)nc(-c5ccccc5)n4)cc3)nc3c4ccccc4ccc3c21. The van der Waals surface area contributed by atoms with E-state index in [0.717, 1.165) is 50.2 Å². The monoisotopic (exact) mass is 666 g/mol. The molecule has 0 saturated heterocycles. The van der Waals surface area contributed by atoms with E-state index in [1.807, 2.05) is 36.4 Å². The van der Waals surface area contributed by atoms with Gasteiger partial charge in [0.25, 0.3) is 0 Å². The summed E-state index contributed by atoms with van der Waals surface area (Å²) in [5.74, 6) is 1.05. The molecular formula is C48H34N4. The van der Waals surface area contributed by atoms with Crippen LogP contribution in [-0.2, 0) is 0 Å². The van der Waals surface area contributed by atoms with Gasteiger partial charge < -0.3 is 4.57 Å². The van der Waals surface area contributed by atoms with E-state index in [4.69, 9.17) is 15.0 Å². The number of para-hydroxylation sites is 1. The molecule has 4 nitrogen and oxygen atoms in total. The van der Waals surface area contributed by atoms with Crippen molar-refractivity contribution in [3.8, 4) is 45.2 Å². The number of fused-ring (bicyclic) bond motifs is 7. The first-order chi connectivity index (χ1) is 25.7. The highest BCUT2D eigenvalue weighted by atomic mass is 15.0. The average molecular weight is 667 g/mol. The van der Waals surface area contributed by atoms with Crippen molar-refractivity contribution < 1.29 is 0 Å². The zero-order valence-corrected chi connectivity index (χ0v) is 28.7. The van der Waals surface area contributed by atoms with Crippen LogP contribution in [0.15, 0.2) is 176 Å². The molecule has 0 saturated carbocycles. The van der Waals surface area contributed by atoms with Gasteiger partial charge in [0.1, 0.15) is 0 Å². The fourth-order valence-corrected chi connectivity index (χ4v) is 7.92. The Hall–Kier alpha value is -6.65. The van der Waals surface area contributed by atoms with Crippen LogP contribution in [0.5, 0.6) is 0 Å². The molecule has 9 aromatic rings. The normalized spacial score (nSPS) is 15.6. The van der Waals surface area contributed by atoms with Gasteiger partial charge >= 0.3 is 0 Å². The molecule has 0 aliphatic heterocycles. The second kappa shape index (κ2) is 12.3. The van der Waals surface area contributed by atoms with Gasteiger partial charge in [-0.15, -0.1) is 0 Å². The van der Waals surface area contributed by atoms with Crippen LogP contribution in [0.4, 0.5) is 0 Å². The average Bonchev–Trinajstić information content (AvgIpc) is 3.56. The molecule has 3 heterocycles. The van der Waals surface area contributed by atoms with Crippen LogP contribution in [0.25, 0.3) is 88.6 Å². The van der Waals surface area contributed by atoms with Crippen LogP contribution in [0.2, 0.25) is 0 Å². The molecule has 0 bridgehead atoms. The summed E-state index contributed by atoms with van der Waals surface area (Å²) >= 11 is 0. The smallest absolute Gasteiger partial charge is 0.160 e. The zero-order chi connectivity index (χ0) is 34.6. The Labute approximate surface area is 302 Å². The summed E-state index contributed by atoms with van der Waals surface area (Å²) in [5.41, 5.74) is 10.4. The van der Waals surface area contributed by atoms with Gasteiger partial charge in [0.15, 0.2) is 5.82 Å². The Morgan fingerprint density at radius 2 is 1.12 bits per heavy atom. The third-order valence-corrected chi connectivity index (χ3v) is 10.5. The van der Waals surface area contributed by atoms with E-state index < -0.39 is 0 Å². The van der Waals surface area contributed by atoms with Crippen molar-refractivity contribution >= 4 is 43.5 Å². The molecule has 1 aliphatic rings. The minimum atomic E-state index is 0.176. The molecule has 0 amide bonds. The minimum absolute atomic E-state index is 0.176. The summed E-state index contributed by atoms with van der Waals surface area (Å²) < 4.78 is 2.56. The first-order valence-corrected chi connectivity index (χ1v) is 17.9. The molecule has 10 rings (SSSR count). The standard InChI is InChI=1S/C48H34N4/c1-31-14-8-12-22-42(31)52-43-23-13-11-21-38(43)44-45(51-46-37-20-10-9-15-32(37)28-29-39(46)47(44)52)35-26-24-34(25-27-35)41-30-40(33-16-4-2-5-17-33)49-48(50-41)36-18-6-3-7-19-36/h2-31,42H,1H3. The van der Waals surface area contributed by atoms with Crippen LogP contribution in [0.3, 0.4) is 0 Å². The number of nitrogens with zero attached hydrogens (tertiary/aromatic N) is 4. The molecule has 2 unspecified atom stereocenters. The Balaban J connectivity index is 1.21. The van der Waals surface area contributed by atoms with E-state index in [-0.39, 0.29) is 6.04 Å². The molecule has 52 heavy (non-hydrogen) atoms. The molecule has 0 spiro atoms. The van der Waals surface area contributed by atoms with Gasteiger partial charge in [-0.05, 0) is 23.4 Å². The molecule has 1 aliphatic carbocycles. The number of hydrogen-bond acceptors (Lipinski definition) is 3. The maximum atomic E-state index is 5.57. The van der Waals surface area contributed by atoms with Crippen LogP contribution in [0, 0.1) is 5.92 Å². The fourth-order valence-electron chi connectivity index (χ4n) is 7.92. The summed E-state index contributed by atoms with van der Waals surface area (Å²) in [7, 11) is 0. The Bertz CT molecular complexity index is 2790. The summed E-state index contributed by atoms with van der Waals surface area (Å²) in [5, 5.41) is 5.91. The van der Waals surface area contributed by atoms with Crippen molar-refractivity contribution in [2.45, 2.75) is 13.0 Å². The second-order valence-corrected chi connectivity index (χ2v) is 13.6. The largest absolute Gasteiger partial charge is 0.332 e. The lowest BCUT2D eigenvalue weighted by molar-refractivity contribution is 0.510. The summed E-state index contributed by atoms with van der Waals surface area (Å²) in [6.07, 6.45) is 9.00. The molecule has 0 fully saturated rings. The predicted octanol–water partition coefficient (Wildman–Crippen LogP) is 12.3. The number of aromatic nitrogens is 4. The van der Waals surface area contributed by atoms with E-state index in [9.17, 15) is 0 Å². The quantitative estimate of drug-likeness (QED) is 0.172. The van der Waals surface area contributed by atoms with Crippen molar-refractivity contribution in [1.82, 2.24) is 19.5 Å². The molecule has 3 aromatic heterocycles. The number of benzene rings is 6. The molecule has 4 heteroatoms. The topological polar surface area (TPSA) is 43.6 Å². The second-order valence-electron chi connectivity index (χ2n) is 13.6. The van der Waals surface area contributed by atoms with E-state index in [1.54, 1.807) is 0 Å². The van der Waals surface area contributed by atoms with Gasteiger partial charge in [-0.1, -0.05) is 171 Å². The van der Waals surface area contributed by atoms with Crippen LogP contribution >= 0.6 is 0 Å². The fraction of sp³-hybridized carbons (Fsp3) is 0.0625. The van der Waals surface area contributed by atoms with Crippen molar-refractivity contribution in [3.05, 3.63) is 176 Å². The number of hydrogen-bond donors (Lipinski definition) is 0. The van der Waals surface area contributed by atoms with Crippen LogP contribution < -0.4 is 0 Å². The molecule has 246 valence electrons. The number of pyridine rings is 1. The number of rotatable bonds is 5. The van der Waals surface area contributed by atoms with E-state index >= 15 is 0 Å². The zero-order valence-electron chi connectivity index (χ0n) is 28.7. The van der Waals surface area contributed by atoms with Gasteiger partial charge in [-0.2, -0.15) is 0 Å². The minimum Gasteiger partial charge on any atom is -0.332 e. The summed E-state index contributed by atoms with van der Waals surface area (Å²) in [4.78, 5) is 15.7. The first-order valence-electron chi connectivity index (χ1n) is 17.9. The van der Waals surface area contributed by atoms with Crippen LogP contribution in [-0.4, -0.2) is 19.5 Å². The number of allylic oxidation sites excluding steroid dienone is 4. The van der Waals surface area contributed by atoms with Gasteiger partial charge in [0.05, 0.1) is 34.2 Å². The first kappa shape index (κ1) is 30.2. The third kappa shape index (κ3) is 4.95. The molecular weight excluding hydrogens is 633 g/mol. The van der Waals surface area contributed by atoms with E-state index in [2.05, 4.69) is 151 Å². The molecule has 0 radical (unpaired) electrons. The maximum Gasteiger partial charge on any atom is 0.160 e. The lowest BCUT2D eigenvalue weighted by atomic mass is 9.96. The molecule has 0 N–H and O–H groups in total. The van der Waals surface area contributed by atoms with Crippen molar-refractivity contribution in [1.29, 1.82) is 0 Å². The van der Waals surface area contributed by atoms with Gasteiger partial charge in [-0.3, -0.25) is 0 Å².